The van der Waals surface area contributed by atoms with Crippen molar-refractivity contribution in [2.75, 3.05) is 13.7 Å². The summed E-state index contributed by atoms with van der Waals surface area (Å²) in [6.45, 7) is 10.7. The fourth-order valence-electron chi connectivity index (χ4n) is 3.63. The van der Waals surface area contributed by atoms with E-state index in [1.807, 2.05) is 13.2 Å². The average molecular weight is 293 g/mol. The molecule has 4 heteroatoms. The van der Waals surface area contributed by atoms with Gasteiger partial charge in [-0.1, -0.05) is 13.8 Å². The maximum atomic E-state index is 6.32. The Kier molecular flexibility index (Phi) is 5.10. The maximum Gasteiger partial charge on any atom is 0.128 e. The van der Waals surface area contributed by atoms with E-state index in [-0.39, 0.29) is 11.6 Å². The monoisotopic (exact) mass is 293 g/mol. The van der Waals surface area contributed by atoms with Crippen LogP contribution in [-0.4, -0.2) is 28.8 Å². The Bertz CT molecular complexity index is 443. The molecule has 0 amide bonds. The van der Waals surface area contributed by atoms with Gasteiger partial charge in [-0.3, -0.25) is 0 Å². The Morgan fingerprint density at radius 1 is 1.29 bits per heavy atom. The molecule has 4 nitrogen and oxygen atoms in total. The molecule has 0 radical (unpaired) electrons. The van der Waals surface area contributed by atoms with Crippen molar-refractivity contribution in [3.05, 3.63) is 18.2 Å². The molecule has 0 spiro atoms. The lowest BCUT2D eigenvalue weighted by Gasteiger charge is -2.47. The van der Waals surface area contributed by atoms with Crippen LogP contribution in [0.15, 0.2) is 12.4 Å². The molecule has 0 saturated heterocycles. The number of aromatic nitrogens is 2. The predicted octanol–water partition coefficient (Wildman–Crippen LogP) is 3.54. The third-order valence-corrected chi connectivity index (χ3v) is 5.04. The number of hydrogen-bond acceptors (Lipinski definition) is 3. The van der Waals surface area contributed by atoms with Crippen molar-refractivity contribution >= 4 is 0 Å². The SMILES string of the molecule is CCOC1(C(NC)c2nccn2CC)CCC(C)(C)CC1. The Balaban J connectivity index is 2.31. The van der Waals surface area contributed by atoms with Gasteiger partial charge in [0.15, 0.2) is 0 Å². The van der Waals surface area contributed by atoms with E-state index < -0.39 is 0 Å². The second kappa shape index (κ2) is 6.49. The fourth-order valence-corrected chi connectivity index (χ4v) is 3.63. The van der Waals surface area contributed by atoms with Gasteiger partial charge in [-0.15, -0.1) is 0 Å². The minimum atomic E-state index is -0.128. The molecule has 1 aliphatic rings. The summed E-state index contributed by atoms with van der Waals surface area (Å²) in [6.07, 6.45) is 8.56. The molecule has 0 aliphatic heterocycles. The summed E-state index contributed by atoms with van der Waals surface area (Å²) in [6, 6.07) is 0.156. The molecule has 0 bridgehead atoms. The highest BCUT2D eigenvalue weighted by Gasteiger charge is 2.46. The first-order valence-electron chi connectivity index (χ1n) is 8.30. The lowest BCUT2D eigenvalue weighted by Crippen LogP contribution is -2.49. The van der Waals surface area contributed by atoms with Crippen LogP contribution in [0, 0.1) is 5.41 Å². The van der Waals surface area contributed by atoms with Gasteiger partial charge < -0.3 is 14.6 Å². The Morgan fingerprint density at radius 2 is 1.95 bits per heavy atom. The number of imidazole rings is 1. The van der Waals surface area contributed by atoms with Crippen molar-refractivity contribution in [1.29, 1.82) is 0 Å². The molecular weight excluding hydrogens is 262 g/mol. The van der Waals surface area contributed by atoms with E-state index in [1.54, 1.807) is 0 Å². The summed E-state index contributed by atoms with van der Waals surface area (Å²) >= 11 is 0. The van der Waals surface area contributed by atoms with E-state index in [0.29, 0.717) is 5.41 Å². The molecule has 1 atom stereocenters. The Hall–Kier alpha value is -0.870. The minimum Gasteiger partial charge on any atom is -0.373 e. The van der Waals surface area contributed by atoms with Crippen LogP contribution in [0.3, 0.4) is 0 Å². The van der Waals surface area contributed by atoms with Crippen LogP contribution in [0.1, 0.15) is 65.2 Å². The molecule has 1 fully saturated rings. The zero-order chi connectivity index (χ0) is 15.5. The molecule has 1 aliphatic carbocycles. The molecule has 0 aromatic carbocycles. The van der Waals surface area contributed by atoms with Crippen molar-refractivity contribution in [2.45, 2.75) is 71.6 Å². The van der Waals surface area contributed by atoms with Gasteiger partial charge in [0, 0.05) is 25.5 Å². The van der Waals surface area contributed by atoms with E-state index in [0.717, 1.165) is 31.8 Å². The first-order chi connectivity index (χ1) is 9.98. The average Bonchev–Trinajstić information content (AvgIpc) is 2.91. The van der Waals surface area contributed by atoms with E-state index in [1.165, 1.54) is 12.8 Å². The molecule has 1 aromatic rings. The van der Waals surface area contributed by atoms with Crippen molar-refractivity contribution in [3.8, 4) is 0 Å². The van der Waals surface area contributed by atoms with Gasteiger partial charge in [-0.05, 0) is 52.0 Å². The highest BCUT2D eigenvalue weighted by atomic mass is 16.5. The van der Waals surface area contributed by atoms with Gasteiger partial charge in [0.2, 0.25) is 0 Å². The van der Waals surface area contributed by atoms with Gasteiger partial charge in [-0.2, -0.15) is 0 Å². The first kappa shape index (κ1) is 16.5. The Labute approximate surface area is 129 Å². The van der Waals surface area contributed by atoms with Crippen LogP contribution in [-0.2, 0) is 11.3 Å². The van der Waals surface area contributed by atoms with Crippen LogP contribution < -0.4 is 5.32 Å². The number of rotatable bonds is 6. The Morgan fingerprint density at radius 3 is 2.48 bits per heavy atom. The summed E-state index contributed by atoms with van der Waals surface area (Å²) < 4.78 is 8.55. The molecular formula is C17H31N3O. The van der Waals surface area contributed by atoms with Crippen molar-refractivity contribution in [3.63, 3.8) is 0 Å². The second-order valence-electron chi connectivity index (χ2n) is 6.96. The number of hydrogen-bond donors (Lipinski definition) is 1. The first-order valence-corrected chi connectivity index (χ1v) is 8.30. The molecule has 2 rings (SSSR count). The van der Waals surface area contributed by atoms with E-state index in [9.17, 15) is 0 Å². The molecule has 1 unspecified atom stereocenters. The molecule has 1 N–H and O–H groups in total. The van der Waals surface area contributed by atoms with Crippen LogP contribution in [0.5, 0.6) is 0 Å². The third-order valence-electron chi connectivity index (χ3n) is 5.04. The predicted molar refractivity (Wildman–Crippen MR) is 86.3 cm³/mol. The zero-order valence-corrected chi connectivity index (χ0v) is 14.3. The summed E-state index contributed by atoms with van der Waals surface area (Å²) in [4.78, 5) is 4.62. The van der Waals surface area contributed by atoms with Gasteiger partial charge >= 0.3 is 0 Å². The molecule has 1 saturated carbocycles. The van der Waals surface area contributed by atoms with Gasteiger partial charge in [0.05, 0.1) is 11.6 Å². The summed E-state index contributed by atoms with van der Waals surface area (Å²) in [7, 11) is 2.03. The van der Waals surface area contributed by atoms with Crippen LogP contribution in [0.4, 0.5) is 0 Å². The van der Waals surface area contributed by atoms with Gasteiger partial charge in [0.25, 0.3) is 0 Å². The van der Waals surface area contributed by atoms with Gasteiger partial charge in [-0.25, -0.2) is 4.98 Å². The summed E-state index contributed by atoms with van der Waals surface area (Å²) in [5, 5.41) is 3.49. The second-order valence-corrected chi connectivity index (χ2v) is 6.96. The highest BCUT2D eigenvalue weighted by molar-refractivity contribution is 5.10. The fraction of sp³-hybridized carbons (Fsp3) is 0.824. The van der Waals surface area contributed by atoms with Crippen LogP contribution in [0.25, 0.3) is 0 Å². The molecule has 1 aromatic heterocycles. The number of ether oxygens (including phenoxy) is 1. The quantitative estimate of drug-likeness (QED) is 0.872. The van der Waals surface area contributed by atoms with Crippen LogP contribution >= 0.6 is 0 Å². The molecule has 1 heterocycles. The van der Waals surface area contributed by atoms with Gasteiger partial charge in [0.1, 0.15) is 5.82 Å². The highest BCUT2D eigenvalue weighted by Crippen LogP contribution is 2.47. The van der Waals surface area contributed by atoms with Crippen molar-refractivity contribution in [2.24, 2.45) is 5.41 Å². The number of nitrogens with one attached hydrogen (secondary N) is 1. The molecule has 21 heavy (non-hydrogen) atoms. The van der Waals surface area contributed by atoms with E-state index in [2.05, 4.69) is 48.8 Å². The largest absolute Gasteiger partial charge is 0.373 e. The smallest absolute Gasteiger partial charge is 0.128 e. The number of likely N-dealkylation sites (N-methyl/N-ethyl adjacent to an activating group) is 1. The zero-order valence-electron chi connectivity index (χ0n) is 14.3. The maximum absolute atomic E-state index is 6.32. The normalized spacial score (nSPS) is 22.1. The topological polar surface area (TPSA) is 39.1 Å². The van der Waals surface area contributed by atoms with E-state index in [4.69, 9.17) is 4.74 Å². The number of aryl methyl sites for hydroxylation is 1. The molecule has 120 valence electrons. The van der Waals surface area contributed by atoms with Crippen molar-refractivity contribution in [1.82, 2.24) is 14.9 Å². The summed E-state index contributed by atoms with van der Waals surface area (Å²) in [5.74, 6) is 1.10. The summed E-state index contributed by atoms with van der Waals surface area (Å²) in [5.41, 5.74) is 0.302. The standard InChI is InChI=1S/C17H31N3O/c1-6-20-13-12-19-15(20)14(18-5)17(21-7-2)10-8-16(3,4)9-11-17/h12-14,18H,6-11H2,1-5H3. The third kappa shape index (κ3) is 3.32. The lowest BCUT2D eigenvalue weighted by atomic mass is 9.68. The van der Waals surface area contributed by atoms with Crippen molar-refractivity contribution < 1.29 is 4.74 Å². The lowest BCUT2D eigenvalue weighted by molar-refractivity contribution is -0.108. The number of nitrogens with zero attached hydrogens (tertiary/aromatic N) is 2. The van der Waals surface area contributed by atoms with Crippen LogP contribution in [0.2, 0.25) is 0 Å². The minimum absolute atomic E-state index is 0.128. The van der Waals surface area contributed by atoms with E-state index >= 15 is 0 Å².